The molecule has 0 fully saturated rings. The molecule has 0 N–H and O–H groups in total. The van der Waals surface area contributed by atoms with Gasteiger partial charge in [0.1, 0.15) is 0 Å². The minimum Gasteiger partial charge on any atom is -0.453 e. The summed E-state index contributed by atoms with van der Waals surface area (Å²) in [6, 6.07) is 59.6. The molecule has 0 spiro atoms. The molecule has 0 atom stereocenters. The first-order chi connectivity index (χ1) is 23.8. The molecule has 0 saturated heterocycles. The molecule has 0 saturated carbocycles. The summed E-state index contributed by atoms with van der Waals surface area (Å²) in [5, 5.41) is 0. The highest BCUT2D eigenvalue weighted by molar-refractivity contribution is 5.87. The maximum Gasteiger partial charge on any atom is 0.151 e. The quantitative estimate of drug-likeness (QED) is 0.185. The fourth-order valence-corrected chi connectivity index (χ4v) is 6.81. The molecule has 7 aromatic rings. The zero-order valence-corrected chi connectivity index (χ0v) is 26.3. The molecule has 7 aromatic carbocycles. The lowest BCUT2D eigenvalue weighted by molar-refractivity contribution is 0.477. The summed E-state index contributed by atoms with van der Waals surface area (Å²) in [5.74, 6) is 3.46. The minimum absolute atomic E-state index is 0.864. The van der Waals surface area contributed by atoms with Gasteiger partial charge in [-0.3, -0.25) is 0 Å². The van der Waals surface area contributed by atoms with Gasteiger partial charge in [0.25, 0.3) is 0 Å². The van der Waals surface area contributed by atoms with Crippen LogP contribution in [0.2, 0.25) is 0 Å². The number of nitrogens with zero attached hydrogens (tertiary/aromatic N) is 2. The highest BCUT2D eigenvalue weighted by Crippen LogP contribution is 2.51. The molecule has 0 unspecified atom stereocenters. The molecule has 0 radical (unpaired) electrons. The minimum atomic E-state index is 0.864. The van der Waals surface area contributed by atoms with Crippen LogP contribution in [0.4, 0.5) is 34.1 Å². The SMILES string of the molecule is c1cc(Cc2ccc(N3c4ccccc4Oc4ccccc43)cc2)cc(Cc2ccc(N3c4ccccc4Oc4ccccc43)cc2)c1. The van der Waals surface area contributed by atoms with E-state index in [1.54, 1.807) is 0 Å². The van der Waals surface area contributed by atoms with Crippen molar-refractivity contribution in [2.24, 2.45) is 0 Å². The van der Waals surface area contributed by atoms with Crippen LogP contribution < -0.4 is 19.3 Å². The van der Waals surface area contributed by atoms with Gasteiger partial charge in [-0.05, 0) is 108 Å². The zero-order valence-electron chi connectivity index (χ0n) is 26.3. The highest BCUT2D eigenvalue weighted by Gasteiger charge is 2.26. The van der Waals surface area contributed by atoms with Crippen molar-refractivity contribution in [3.8, 4) is 23.0 Å². The Balaban J connectivity index is 0.925. The summed E-state index contributed by atoms with van der Waals surface area (Å²) >= 11 is 0. The van der Waals surface area contributed by atoms with Gasteiger partial charge in [0.2, 0.25) is 0 Å². The Hall–Kier alpha value is -6.26. The van der Waals surface area contributed by atoms with Crippen LogP contribution >= 0.6 is 0 Å². The van der Waals surface area contributed by atoms with Gasteiger partial charge >= 0.3 is 0 Å². The van der Waals surface area contributed by atoms with E-state index in [-0.39, 0.29) is 0 Å². The topological polar surface area (TPSA) is 24.9 Å². The lowest BCUT2D eigenvalue weighted by Crippen LogP contribution is -2.15. The average Bonchev–Trinajstić information content (AvgIpc) is 3.14. The van der Waals surface area contributed by atoms with E-state index in [0.29, 0.717) is 0 Å². The molecule has 2 aliphatic rings. The number of ether oxygens (including phenoxy) is 2. The maximum absolute atomic E-state index is 6.20. The number of fused-ring (bicyclic) bond motifs is 4. The van der Waals surface area contributed by atoms with Gasteiger partial charge in [0, 0.05) is 11.4 Å². The highest BCUT2D eigenvalue weighted by atomic mass is 16.5. The van der Waals surface area contributed by atoms with E-state index in [2.05, 4.69) is 131 Å². The number of hydrogen-bond acceptors (Lipinski definition) is 4. The van der Waals surface area contributed by atoms with Gasteiger partial charge in [-0.15, -0.1) is 0 Å². The molecule has 230 valence electrons. The van der Waals surface area contributed by atoms with E-state index in [1.807, 2.05) is 48.5 Å². The van der Waals surface area contributed by atoms with Crippen molar-refractivity contribution >= 4 is 34.1 Å². The Kier molecular flexibility index (Phi) is 6.90. The lowest BCUT2D eigenvalue weighted by atomic mass is 9.98. The zero-order chi connectivity index (χ0) is 31.9. The van der Waals surface area contributed by atoms with Crippen LogP contribution in [0.5, 0.6) is 23.0 Å². The van der Waals surface area contributed by atoms with Gasteiger partial charge in [-0.1, -0.05) is 97.1 Å². The Labute approximate surface area is 280 Å². The van der Waals surface area contributed by atoms with Crippen molar-refractivity contribution in [2.75, 3.05) is 9.80 Å². The number of hydrogen-bond donors (Lipinski definition) is 0. The maximum atomic E-state index is 6.20. The fourth-order valence-electron chi connectivity index (χ4n) is 6.81. The Morgan fingerprint density at radius 2 is 0.646 bits per heavy atom. The first kappa shape index (κ1) is 28.0. The Morgan fingerprint density at radius 1 is 0.312 bits per heavy atom. The van der Waals surface area contributed by atoms with Gasteiger partial charge in [-0.2, -0.15) is 0 Å². The molecular formula is C44H32N2O2. The van der Waals surface area contributed by atoms with Gasteiger partial charge in [0.15, 0.2) is 23.0 Å². The van der Waals surface area contributed by atoms with Crippen molar-refractivity contribution in [3.63, 3.8) is 0 Å². The van der Waals surface area contributed by atoms with Crippen molar-refractivity contribution < 1.29 is 9.47 Å². The van der Waals surface area contributed by atoms with E-state index < -0.39 is 0 Å². The molecule has 0 amide bonds. The Bertz CT molecular complexity index is 2010. The number of para-hydroxylation sites is 8. The summed E-state index contributed by atoms with van der Waals surface area (Å²) in [4.78, 5) is 4.56. The van der Waals surface area contributed by atoms with E-state index in [1.165, 1.54) is 22.3 Å². The van der Waals surface area contributed by atoms with Gasteiger partial charge in [-0.25, -0.2) is 0 Å². The van der Waals surface area contributed by atoms with Gasteiger partial charge < -0.3 is 19.3 Å². The van der Waals surface area contributed by atoms with Crippen LogP contribution in [-0.2, 0) is 12.8 Å². The summed E-state index contributed by atoms with van der Waals surface area (Å²) in [5.41, 5.74) is 11.6. The van der Waals surface area contributed by atoms with Crippen LogP contribution in [0, 0.1) is 0 Å². The van der Waals surface area contributed by atoms with E-state index in [9.17, 15) is 0 Å². The first-order valence-electron chi connectivity index (χ1n) is 16.3. The number of rotatable bonds is 6. The standard InChI is InChI=1S/C44H32N2O2/c1-5-16-41-37(12-1)45(38-13-2-6-17-42(38)47-41)35-24-20-31(21-25-35)28-33-10-9-11-34(30-33)29-32-22-26-36(27-23-32)46-39-14-3-7-18-43(39)48-44-19-8-4-15-40(44)46/h1-27,30H,28-29H2. The molecule has 4 nitrogen and oxygen atoms in total. The van der Waals surface area contributed by atoms with Crippen LogP contribution in [0.3, 0.4) is 0 Å². The van der Waals surface area contributed by atoms with E-state index in [4.69, 9.17) is 9.47 Å². The van der Waals surface area contributed by atoms with Crippen molar-refractivity contribution in [2.45, 2.75) is 12.8 Å². The van der Waals surface area contributed by atoms with Crippen LogP contribution in [0.25, 0.3) is 0 Å². The monoisotopic (exact) mass is 620 g/mol. The van der Waals surface area contributed by atoms with Crippen molar-refractivity contribution in [1.29, 1.82) is 0 Å². The summed E-state index contributed by atoms with van der Waals surface area (Å²) in [6.07, 6.45) is 1.75. The smallest absolute Gasteiger partial charge is 0.151 e. The normalized spacial score (nSPS) is 12.6. The predicted molar refractivity (Wildman–Crippen MR) is 194 cm³/mol. The summed E-state index contributed by atoms with van der Waals surface area (Å²) < 4.78 is 12.4. The fraction of sp³-hybridized carbons (Fsp3) is 0.0455. The molecule has 48 heavy (non-hydrogen) atoms. The third kappa shape index (κ3) is 5.14. The molecule has 2 aliphatic heterocycles. The number of anilines is 6. The van der Waals surface area contributed by atoms with Crippen LogP contribution in [-0.4, -0.2) is 0 Å². The Morgan fingerprint density at radius 3 is 1.00 bits per heavy atom. The molecule has 9 rings (SSSR count). The van der Waals surface area contributed by atoms with Crippen molar-refractivity contribution in [1.82, 2.24) is 0 Å². The molecule has 0 aromatic heterocycles. The molecular weight excluding hydrogens is 588 g/mol. The third-order valence-electron chi connectivity index (χ3n) is 9.06. The predicted octanol–water partition coefficient (Wildman–Crippen LogP) is 12.0. The molecule has 0 aliphatic carbocycles. The summed E-state index contributed by atoms with van der Waals surface area (Å²) in [6.45, 7) is 0. The lowest BCUT2D eigenvalue weighted by Gasteiger charge is -2.32. The second kappa shape index (κ2) is 11.8. The summed E-state index contributed by atoms with van der Waals surface area (Å²) in [7, 11) is 0. The second-order valence-electron chi connectivity index (χ2n) is 12.3. The first-order valence-corrected chi connectivity index (χ1v) is 16.3. The van der Waals surface area contributed by atoms with Gasteiger partial charge in [0.05, 0.1) is 22.7 Å². The third-order valence-corrected chi connectivity index (χ3v) is 9.06. The van der Waals surface area contributed by atoms with E-state index in [0.717, 1.165) is 70.0 Å². The molecule has 2 heterocycles. The average molecular weight is 621 g/mol. The molecule has 4 heteroatoms. The van der Waals surface area contributed by atoms with Crippen LogP contribution in [0.15, 0.2) is 170 Å². The molecule has 0 bridgehead atoms. The largest absolute Gasteiger partial charge is 0.453 e. The second-order valence-corrected chi connectivity index (χ2v) is 12.3. The van der Waals surface area contributed by atoms with Crippen molar-refractivity contribution in [3.05, 3.63) is 192 Å². The van der Waals surface area contributed by atoms with E-state index >= 15 is 0 Å². The van der Waals surface area contributed by atoms with Crippen LogP contribution in [0.1, 0.15) is 22.3 Å². The number of benzene rings is 7.